The molecule has 0 aliphatic carbocycles. The van der Waals surface area contributed by atoms with E-state index in [4.69, 9.17) is 16.3 Å². The fourth-order valence-corrected chi connectivity index (χ4v) is 2.92. The number of halogens is 1. The van der Waals surface area contributed by atoms with E-state index in [2.05, 4.69) is 15.0 Å². The summed E-state index contributed by atoms with van der Waals surface area (Å²) in [6.07, 6.45) is 1.74. The fourth-order valence-electron chi connectivity index (χ4n) is 2.74. The van der Waals surface area contributed by atoms with Crippen molar-refractivity contribution in [2.75, 3.05) is 25.7 Å². The quantitative estimate of drug-likeness (QED) is 0.684. The van der Waals surface area contributed by atoms with Crippen molar-refractivity contribution in [1.29, 1.82) is 0 Å². The number of methoxy groups -OCH3 is 1. The average Bonchev–Trinajstić information content (AvgIpc) is 3.04. The minimum absolute atomic E-state index is 0.0343. The second-order valence-electron chi connectivity index (χ2n) is 6.06. The van der Waals surface area contributed by atoms with Gasteiger partial charge in [-0.3, -0.25) is 0 Å². The van der Waals surface area contributed by atoms with E-state index in [9.17, 15) is 5.11 Å². The number of aliphatic hydroxyl groups is 1. The van der Waals surface area contributed by atoms with E-state index in [1.807, 2.05) is 38.2 Å². The van der Waals surface area contributed by atoms with Crippen LogP contribution in [0.2, 0.25) is 5.15 Å². The fraction of sp³-hybridized carbons (Fsp3) is 0.333. The second kappa shape index (κ2) is 7.29. The Morgan fingerprint density at radius 2 is 2.04 bits per heavy atom. The number of aliphatic hydroxyl groups excluding tert-OH is 1. The predicted molar refractivity (Wildman–Crippen MR) is 98.6 cm³/mol. The Kier molecular flexibility index (Phi) is 5.11. The first-order valence-electron chi connectivity index (χ1n) is 8.02. The molecule has 1 unspecified atom stereocenters. The maximum atomic E-state index is 9.43. The van der Waals surface area contributed by atoms with Crippen LogP contribution >= 0.6 is 11.6 Å². The van der Waals surface area contributed by atoms with E-state index in [1.165, 1.54) is 0 Å². The number of benzene rings is 1. The zero-order valence-corrected chi connectivity index (χ0v) is 15.2. The number of hydrogen-bond donors (Lipinski definition) is 1. The summed E-state index contributed by atoms with van der Waals surface area (Å²) >= 11 is 6.23. The smallest absolute Gasteiger partial charge is 0.162 e. The molecule has 0 saturated carbocycles. The highest BCUT2D eigenvalue weighted by atomic mass is 35.5. The topological polar surface area (TPSA) is 62.9 Å². The zero-order valence-electron chi connectivity index (χ0n) is 14.5. The molecule has 2 heterocycles. The highest BCUT2D eigenvalue weighted by Gasteiger charge is 2.17. The molecule has 0 radical (unpaired) electrons. The third-order valence-corrected chi connectivity index (χ3v) is 4.42. The van der Waals surface area contributed by atoms with Crippen molar-refractivity contribution < 1.29 is 9.84 Å². The molecular formula is C18H21ClN4O2. The van der Waals surface area contributed by atoms with Crippen molar-refractivity contribution in [2.24, 2.45) is 0 Å². The summed E-state index contributed by atoms with van der Waals surface area (Å²) in [7, 11) is 3.63. The van der Waals surface area contributed by atoms with Crippen LogP contribution in [-0.4, -0.2) is 40.5 Å². The average molecular weight is 361 g/mol. The van der Waals surface area contributed by atoms with Crippen molar-refractivity contribution >= 4 is 23.1 Å². The minimum atomic E-state index is -0.0526. The van der Waals surface area contributed by atoms with Gasteiger partial charge in [-0.1, -0.05) is 30.7 Å². The summed E-state index contributed by atoms with van der Waals surface area (Å²) in [5, 5.41) is 14.3. The first-order chi connectivity index (χ1) is 12.0. The largest absolute Gasteiger partial charge is 0.497 e. The van der Waals surface area contributed by atoms with Crippen LogP contribution in [0.5, 0.6) is 5.75 Å². The third kappa shape index (κ3) is 3.55. The summed E-state index contributed by atoms with van der Waals surface area (Å²) in [6.45, 7) is 2.65. The number of fused-ring (bicyclic) bond motifs is 1. The van der Waals surface area contributed by atoms with E-state index < -0.39 is 0 Å². The van der Waals surface area contributed by atoms with Gasteiger partial charge < -0.3 is 14.7 Å². The molecule has 7 heteroatoms. The lowest BCUT2D eigenvalue weighted by atomic mass is 10.1. The van der Waals surface area contributed by atoms with Crippen molar-refractivity contribution in [3.05, 3.63) is 52.8 Å². The van der Waals surface area contributed by atoms with Gasteiger partial charge in [0.25, 0.3) is 0 Å². The molecule has 0 fully saturated rings. The van der Waals surface area contributed by atoms with Crippen LogP contribution in [0.4, 0.5) is 5.82 Å². The van der Waals surface area contributed by atoms with Gasteiger partial charge >= 0.3 is 0 Å². The molecule has 0 saturated heterocycles. The minimum Gasteiger partial charge on any atom is -0.497 e. The summed E-state index contributed by atoms with van der Waals surface area (Å²) in [6, 6.07) is 9.72. The van der Waals surface area contributed by atoms with Crippen molar-refractivity contribution in [3.8, 4) is 5.75 Å². The van der Waals surface area contributed by atoms with E-state index in [0.717, 1.165) is 22.7 Å². The summed E-state index contributed by atoms with van der Waals surface area (Å²) in [5.74, 6) is 1.61. The SMILES string of the molecule is COc1ccc(CN(C)c2cc(Cl)nc3c(C(C)CO)cnn23)cc1. The molecule has 25 heavy (non-hydrogen) atoms. The molecular weight excluding hydrogens is 340 g/mol. The predicted octanol–water partition coefficient (Wildman–Crippen LogP) is 3.12. The highest BCUT2D eigenvalue weighted by Crippen LogP contribution is 2.26. The molecule has 6 nitrogen and oxygen atoms in total. The Balaban J connectivity index is 1.95. The molecule has 0 aliphatic rings. The molecule has 2 aromatic heterocycles. The Morgan fingerprint density at radius 3 is 2.68 bits per heavy atom. The van der Waals surface area contributed by atoms with Crippen LogP contribution in [0.3, 0.4) is 0 Å². The monoisotopic (exact) mass is 360 g/mol. The molecule has 0 spiro atoms. The van der Waals surface area contributed by atoms with E-state index in [-0.39, 0.29) is 12.5 Å². The summed E-state index contributed by atoms with van der Waals surface area (Å²) in [4.78, 5) is 6.45. The zero-order chi connectivity index (χ0) is 18.0. The first-order valence-corrected chi connectivity index (χ1v) is 8.40. The van der Waals surface area contributed by atoms with Crippen LogP contribution in [0.15, 0.2) is 36.5 Å². The van der Waals surface area contributed by atoms with Crippen LogP contribution in [0.25, 0.3) is 5.65 Å². The summed E-state index contributed by atoms with van der Waals surface area (Å²) < 4.78 is 6.95. The number of hydrogen-bond acceptors (Lipinski definition) is 5. The van der Waals surface area contributed by atoms with Gasteiger partial charge in [0.2, 0.25) is 0 Å². The molecule has 3 aromatic rings. The molecule has 0 aliphatic heterocycles. The lowest BCUT2D eigenvalue weighted by molar-refractivity contribution is 0.273. The second-order valence-corrected chi connectivity index (χ2v) is 6.45. The van der Waals surface area contributed by atoms with Crippen LogP contribution < -0.4 is 9.64 Å². The van der Waals surface area contributed by atoms with Crippen LogP contribution in [-0.2, 0) is 6.54 Å². The first kappa shape index (κ1) is 17.5. The molecule has 0 bridgehead atoms. The number of anilines is 1. The van der Waals surface area contributed by atoms with Gasteiger partial charge in [-0.15, -0.1) is 0 Å². The maximum Gasteiger partial charge on any atom is 0.162 e. The molecule has 1 atom stereocenters. The molecule has 1 aromatic carbocycles. The highest BCUT2D eigenvalue weighted by molar-refractivity contribution is 6.29. The van der Waals surface area contributed by atoms with Crippen molar-refractivity contribution in [3.63, 3.8) is 0 Å². The van der Waals surface area contributed by atoms with Crippen LogP contribution in [0, 0.1) is 0 Å². The third-order valence-electron chi connectivity index (χ3n) is 4.22. The molecule has 132 valence electrons. The number of rotatable bonds is 6. The van der Waals surface area contributed by atoms with Gasteiger partial charge in [0, 0.05) is 37.7 Å². The summed E-state index contributed by atoms with van der Waals surface area (Å²) in [5.41, 5.74) is 2.69. The number of aromatic nitrogens is 3. The van der Waals surface area contributed by atoms with E-state index in [1.54, 1.807) is 23.9 Å². The number of ether oxygens (including phenoxy) is 1. The van der Waals surface area contributed by atoms with Gasteiger partial charge in [0.05, 0.1) is 13.3 Å². The number of nitrogens with zero attached hydrogens (tertiary/aromatic N) is 4. The lowest BCUT2D eigenvalue weighted by Crippen LogP contribution is -2.20. The lowest BCUT2D eigenvalue weighted by Gasteiger charge is -2.20. The van der Waals surface area contributed by atoms with E-state index >= 15 is 0 Å². The van der Waals surface area contributed by atoms with Crippen LogP contribution in [0.1, 0.15) is 24.0 Å². The Hall–Kier alpha value is -2.31. The van der Waals surface area contributed by atoms with Crippen molar-refractivity contribution in [1.82, 2.24) is 14.6 Å². The van der Waals surface area contributed by atoms with Gasteiger partial charge in [-0.2, -0.15) is 9.61 Å². The van der Waals surface area contributed by atoms with Gasteiger partial charge in [-0.25, -0.2) is 4.98 Å². The standard InChI is InChI=1S/C18H21ClN4O2/c1-12(11-24)15-9-20-23-17(8-16(19)21-18(15)23)22(2)10-13-4-6-14(25-3)7-5-13/h4-9,12,24H,10-11H2,1-3H3. The molecule has 0 amide bonds. The molecule has 3 rings (SSSR count). The van der Waals surface area contributed by atoms with Gasteiger partial charge in [0.15, 0.2) is 5.65 Å². The Morgan fingerprint density at radius 1 is 1.32 bits per heavy atom. The van der Waals surface area contributed by atoms with Crippen molar-refractivity contribution in [2.45, 2.75) is 19.4 Å². The Labute approximate surface area is 151 Å². The molecule has 1 N–H and O–H groups in total. The van der Waals surface area contributed by atoms with Gasteiger partial charge in [-0.05, 0) is 17.7 Å². The maximum absolute atomic E-state index is 9.43. The van der Waals surface area contributed by atoms with E-state index in [0.29, 0.717) is 17.3 Å². The Bertz CT molecular complexity index is 863. The van der Waals surface area contributed by atoms with Gasteiger partial charge in [0.1, 0.15) is 16.7 Å². The normalized spacial score (nSPS) is 12.4.